The molecule has 0 radical (unpaired) electrons. The number of methoxy groups -OCH3 is 1. The number of guanidine groups is 2. The molecule has 1 aromatic carbocycles. The van der Waals surface area contributed by atoms with Crippen molar-refractivity contribution < 1.29 is 18.7 Å². The zero-order valence-electron chi connectivity index (χ0n) is 20.8. The number of carbonyl (C=O) groups excluding carboxylic acids is 1. The number of piperazine rings is 1. The zero-order chi connectivity index (χ0) is 25.0. The second kappa shape index (κ2) is 13.7. The fraction of sp³-hybridized carbons (Fsp3) is 0.625. The van der Waals surface area contributed by atoms with Crippen molar-refractivity contribution in [2.45, 2.75) is 51.5 Å². The van der Waals surface area contributed by atoms with Gasteiger partial charge in [-0.25, -0.2) is 14.2 Å². The lowest BCUT2D eigenvalue weighted by Crippen LogP contribution is -2.53. The van der Waals surface area contributed by atoms with Gasteiger partial charge in [0.1, 0.15) is 0 Å². The smallest absolute Gasteiger partial charge is 0.409 e. The van der Waals surface area contributed by atoms with Crippen molar-refractivity contribution in [3.05, 3.63) is 24.0 Å². The quantitative estimate of drug-likeness (QED) is 0.318. The van der Waals surface area contributed by atoms with Gasteiger partial charge in [0.25, 0.3) is 0 Å². The van der Waals surface area contributed by atoms with Gasteiger partial charge in [-0.05, 0) is 31.9 Å². The largest absolute Gasteiger partial charge is 0.494 e. The average molecular weight is 492 g/mol. The van der Waals surface area contributed by atoms with Gasteiger partial charge in [-0.1, -0.05) is 25.7 Å². The summed E-state index contributed by atoms with van der Waals surface area (Å²) in [5.74, 6) is 0.233. The summed E-state index contributed by atoms with van der Waals surface area (Å²) in [5, 5.41) is 6.56. The van der Waals surface area contributed by atoms with E-state index in [9.17, 15) is 9.18 Å². The van der Waals surface area contributed by atoms with E-state index < -0.39 is 5.82 Å². The van der Waals surface area contributed by atoms with Gasteiger partial charge in [0.05, 0.1) is 20.4 Å². The molecule has 1 aliphatic heterocycles. The third kappa shape index (κ3) is 8.27. The van der Waals surface area contributed by atoms with Gasteiger partial charge < -0.3 is 30.3 Å². The van der Waals surface area contributed by atoms with E-state index in [2.05, 4.69) is 20.6 Å². The van der Waals surface area contributed by atoms with E-state index in [-0.39, 0.29) is 23.8 Å². The van der Waals surface area contributed by atoms with Crippen molar-refractivity contribution in [1.29, 1.82) is 0 Å². The summed E-state index contributed by atoms with van der Waals surface area (Å²) >= 11 is 0. The normalized spacial score (nSPS) is 18.3. The van der Waals surface area contributed by atoms with Crippen LogP contribution in [-0.4, -0.2) is 80.4 Å². The molecule has 0 unspecified atom stereocenters. The number of hydrogen-bond donors (Lipinski definition) is 3. The Bertz CT molecular complexity index is 880. The predicted molar refractivity (Wildman–Crippen MR) is 135 cm³/mol. The number of ether oxygens (including phenoxy) is 2. The van der Waals surface area contributed by atoms with Crippen molar-refractivity contribution in [3.8, 4) is 5.75 Å². The van der Waals surface area contributed by atoms with Crippen molar-refractivity contribution in [3.63, 3.8) is 0 Å². The van der Waals surface area contributed by atoms with E-state index in [4.69, 9.17) is 15.2 Å². The number of nitrogens with one attached hydrogen (secondary N) is 2. The Morgan fingerprint density at radius 1 is 1.14 bits per heavy atom. The fourth-order valence-corrected chi connectivity index (χ4v) is 4.22. The molecular formula is C24H38FN7O3. The number of rotatable bonds is 6. The number of aliphatic imine (C=N–C) groups is 2. The van der Waals surface area contributed by atoms with Crippen LogP contribution in [0, 0.1) is 5.82 Å². The second-order valence-electron chi connectivity index (χ2n) is 8.65. The fourth-order valence-electron chi connectivity index (χ4n) is 4.22. The van der Waals surface area contributed by atoms with Crippen molar-refractivity contribution in [2.75, 3.05) is 51.9 Å². The van der Waals surface area contributed by atoms with Crippen LogP contribution >= 0.6 is 0 Å². The molecular weight excluding hydrogens is 453 g/mol. The number of hydrogen-bond acceptors (Lipinski definition) is 5. The van der Waals surface area contributed by atoms with E-state index in [1.807, 2.05) is 4.90 Å². The highest BCUT2D eigenvalue weighted by molar-refractivity contribution is 6.01. The number of halogens is 1. The topological polar surface area (TPSA) is 117 Å². The first-order valence-electron chi connectivity index (χ1n) is 12.4. The zero-order valence-corrected chi connectivity index (χ0v) is 20.8. The third-order valence-corrected chi connectivity index (χ3v) is 6.22. The van der Waals surface area contributed by atoms with Gasteiger partial charge in [0, 0.05) is 44.0 Å². The van der Waals surface area contributed by atoms with Crippen LogP contribution in [0.25, 0.3) is 0 Å². The first-order chi connectivity index (χ1) is 17.0. The molecule has 3 rings (SSSR count). The minimum atomic E-state index is -0.486. The lowest BCUT2D eigenvalue weighted by molar-refractivity contribution is 0.0918. The highest BCUT2D eigenvalue weighted by Crippen LogP contribution is 2.21. The molecule has 11 heteroatoms. The Labute approximate surface area is 206 Å². The Hall–Kier alpha value is -3.08. The molecule has 10 nitrogen and oxygen atoms in total. The Kier molecular flexibility index (Phi) is 10.4. The molecule has 194 valence electrons. The SMILES string of the molecule is CCOC(=O)N1CCN(/C(N)=N/C(=N\CNC2CCCCCC2)Nc2ccc(OC)c(F)c2)CC1. The van der Waals surface area contributed by atoms with Crippen LogP contribution in [0.1, 0.15) is 45.4 Å². The minimum Gasteiger partial charge on any atom is -0.494 e. The molecule has 2 aliphatic rings. The molecule has 1 saturated heterocycles. The second-order valence-corrected chi connectivity index (χ2v) is 8.65. The van der Waals surface area contributed by atoms with E-state index >= 15 is 0 Å². The average Bonchev–Trinajstić information content (AvgIpc) is 3.13. The number of anilines is 1. The number of nitrogens with two attached hydrogens (primary N) is 1. The van der Waals surface area contributed by atoms with Crippen molar-refractivity contribution in [1.82, 2.24) is 15.1 Å². The summed E-state index contributed by atoms with van der Waals surface area (Å²) in [7, 11) is 1.42. The number of benzene rings is 1. The van der Waals surface area contributed by atoms with Gasteiger partial charge in [-0.15, -0.1) is 0 Å². The minimum absolute atomic E-state index is 0.159. The van der Waals surface area contributed by atoms with Gasteiger partial charge >= 0.3 is 6.09 Å². The molecule has 35 heavy (non-hydrogen) atoms. The summed E-state index contributed by atoms with van der Waals surface area (Å²) in [6.45, 7) is 4.53. The van der Waals surface area contributed by atoms with E-state index in [1.54, 1.807) is 24.0 Å². The lowest BCUT2D eigenvalue weighted by atomic mass is 10.1. The molecule has 1 saturated carbocycles. The van der Waals surface area contributed by atoms with Gasteiger partial charge in [-0.3, -0.25) is 5.32 Å². The first kappa shape index (κ1) is 26.5. The van der Waals surface area contributed by atoms with Crippen LogP contribution in [0.5, 0.6) is 5.75 Å². The first-order valence-corrected chi connectivity index (χ1v) is 12.4. The van der Waals surface area contributed by atoms with Crippen LogP contribution in [0.2, 0.25) is 0 Å². The molecule has 1 heterocycles. The van der Waals surface area contributed by atoms with Crippen LogP contribution in [0.4, 0.5) is 14.9 Å². The van der Waals surface area contributed by atoms with Crippen LogP contribution in [-0.2, 0) is 4.74 Å². The molecule has 0 spiro atoms. The van der Waals surface area contributed by atoms with E-state index in [0.717, 1.165) is 12.8 Å². The molecule has 0 atom stereocenters. The summed E-state index contributed by atoms with van der Waals surface area (Å²) in [5.41, 5.74) is 6.79. The molecule has 2 fully saturated rings. The summed E-state index contributed by atoms with van der Waals surface area (Å²) in [4.78, 5) is 24.6. The van der Waals surface area contributed by atoms with E-state index in [0.29, 0.717) is 51.2 Å². The molecule has 0 aromatic heterocycles. The van der Waals surface area contributed by atoms with E-state index in [1.165, 1.54) is 38.9 Å². The van der Waals surface area contributed by atoms with Gasteiger partial charge in [-0.2, -0.15) is 4.99 Å². The van der Waals surface area contributed by atoms with Crippen molar-refractivity contribution >= 4 is 23.7 Å². The van der Waals surface area contributed by atoms with Crippen LogP contribution < -0.4 is 21.1 Å². The summed E-state index contributed by atoms with van der Waals surface area (Å²) in [6.07, 6.45) is 6.96. The highest BCUT2D eigenvalue weighted by atomic mass is 19.1. The Morgan fingerprint density at radius 2 is 1.83 bits per heavy atom. The predicted octanol–water partition coefficient (Wildman–Crippen LogP) is 2.96. The number of amides is 1. The molecule has 1 aromatic rings. The maximum Gasteiger partial charge on any atom is 0.409 e. The number of carbonyl (C=O) groups is 1. The Balaban J connectivity index is 1.68. The van der Waals surface area contributed by atoms with Crippen molar-refractivity contribution in [2.24, 2.45) is 15.7 Å². The molecule has 1 amide bonds. The maximum absolute atomic E-state index is 14.2. The maximum atomic E-state index is 14.2. The molecule has 0 bridgehead atoms. The molecule has 4 N–H and O–H groups in total. The number of nitrogens with zero attached hydrogens (tertiary/aromatic N) is 4. The monoisotopic (exact) mass is 491 g/mol. The summed E-state index contributed by atoms with van der Waals surface area (Å²) < 4.78 is 24.3. The third-order valence-electron chi connectivity index (χ3n) is 6.22. The van der Waals surface area contributed by atoms with Gasteiger partial charge in [0.2, 0.25) is 5.96 Å². The highest BCUT2D eigenvalue weighted by Gasteiger charge is 2.23. The van der Waals surface area contributed by atoms with Gasteiger partial charge in [0.15, 0.2) is 17.5 Å². The lowest BCUT2D eigenvalue weighted by Gasteiger charge is -2.34. The standard InChI is InChI=1S/C24H38FN7O3/c1-3-35-24(33)32-14-12-31(13-15-32)22(26)30-23(28-17-27-18-8-6-4-5-7-9-18)29-19-10-11-21(34-2)20(25)16-19/h10-11,16,18,27H,3-9,12-15,17H2,1-2H3,(H3,26,28,29,30). The summed E-state index contributed by atoms with van der Waals surface area (Å²) in [6, 6.07) is 5.00. The van der Waals surface area contributed by atoms with Crippen LogP contribution in [0.15, 0.2) is 28.2 Å². The molecule has 1 aliphatic carbocycles. The van der Waals surface area contributed by atoms with Crippen LogP contribution in [0.3, 0.4) is 0 Å². The Morgan fingerprint density at radius 3 is 2.46 bits per heavy atom.